The third-order valence-corrected chi connectivity index (χ3v) is 3.39. The molecule has 1 aromatic heterocycles. The second-order valence-electron chi connectivity index (χ2n) is 3.81. The first kappa shape index (κ1) is 12.8. The molecule has 0 fully saturated rings. The summed E-state index contributed by atoms with van der Waals surface area (Å²) in [6, 6.07) is 3.77. The summed E-state index contributed by atoms with van der Waals surface area (Å²) in [5, 5.41) is 11.0. The lowest BCUT2D eigenvalue weighted by molar-refractivity contribution is 0.393. The van der Waals surface area contributed by atoms with Crippen LogP contribution in [-0.4, -0.2) is 5.16 Å². The van der Waals surface area contributed by atoms with Crippen LogP contribution in [0.1, 0.15) is 11.5 Å². The van der Waals surface area contributed by atoms with Gasteiger partial charge < -0.3 is 16.1 Å². The fourth-order valence-electron chi connectivity index (χ4n) is 1.82. The summed E-state index contributed by atoms with van der Waals surface area (Å²) < 4.78 is 6.02. The molecule has 0 aliphatic rings. The molecule has 2 rings (SSSR count). The summed E-state index contributed by atoms with van der Waals surface area (Å²) >= 11 is 2.14. The number of nitrogens with two attached hydrogens (primary N) is 2. The van der Waals surface area contributed by atoms with E-state index in [-0.39, 0.29) is 0 Å². The van der Waals surface area contributed by atoms with Gasteiger partial charge in [0, 0.05) is 9.13 Å². The minimum absolute atomic E-state index is 0.520. The van der Waals surface area contributed by atoms with Crippen LogP contribution in [0.3, 0.4) is 0 Å². The third-order valence-electron chi connectivity index (χ3n) is 2.57. The molecule has 0 atom stereocenters. The highest BCUT2D eigenvalue weighted by Crippen LogP contribution is 2.36. The molecule has 6 nitrogen and oxygen atoms in total. The quantitative estimate of drug-likeness (QED) is 0.283. The Morgan fingerprint density at radius 2 is 2.06 bits per heavy atom. The molecule has 0 bridgehead atoms. The van der Waals surface area contributed by atoms with Crippen molar-refractivity contribution in [3.8, 4) is 11.1 Å². The van der Waals surface area contributed by atoms with E-state index in [1.807, 2.05) is 26.0 Å². The Morgan fingerprint density at radius 1 is 1.33 bits per heavy atom. The van der Waals surface area contributed by atoms with Gasteiger partial charge in [-0.15, -0.1) is 5.11 Å². The van der Waals surface area contributed by atoms with E-state index < -0.39 is 0 Å². The Labute approximate surface area is 118 Å². The van der Waals surface area contributed by atoms with Crippen LogP contribution >= 0.6 is 22.6 Å². The molecule has 0 radical (unpaired) electrons. The molecule has 0 saturated heterocycles. The zero-order valence-corrected chi connectivity index (χ0v) is 12.1. The minimum Gasteiger partial charge on any atom is -0.397 e. The lowest BCUT2D eigenvalue weighted by atomic mass is 10.0. The van der Waals surface area contributed by atoms with E-state index in [9.17, 15) is 0 Å². The number of benzene rings is 1. The Kier molecular flexibility index (Phi) is 3.50. The van der Waals surface area contributed by atoms with Crippen LogP contribution in [0.2, 0.25) is 0 Å². The largest absolute Gasteiger partial charge is 0.397 e. The third kappa shape index (κ3) is 2.17. The molecule has 0 aliphatic heterocycles. The number of halogens is 1. The van der Waals surface area contributed by atoms with Crippen LogP contribution in [0.4, 0.5) is 11.4 Å². The van der Waals surface area contributed by atoms with Crippen molar-refractivity contribution in [2.45, 2.75) is 13.8 Å². The Hall–Kier alpha value is -1.64. The van der Waals surface area contributed by atoms with Gasteiger partial charge in [0.05, 0.1) is 11.4 Å². The Morgan fingerprint density at radius 3 is 2.56 bits per heavy atom. The van der Waals surface area contributed by atoms with Crippen LogP contribution < -0.4 is 11.6 Å². The van der Waals surface area contributed by atoms with E-state index in [1.54, 1.807) is 0 Å². The summed E-state index contributed by atoms with van der Waals surface area (Å²) in [5.41, 5.74) is 9.78. The van der Waals surface area contributed by atoms with Gasteiger partial charge in [0.2, 0.25) is 0 Å². The number of aromatic nitrogens is 1. The molecule has 0 amide bonds. The molecule has 1 aromatic carbocycles. The molecule has 0 aliphatic carbocycles. The fourth-order valence-corrected chi connectivity index (χ4v) is 2.58. The standard InChI is InChI=1S/C11H12IN5O/c1-5-10(6(2)18-16-5)7-3-8(12)11(15-17-14)9(13)4-7/h3-4H,13H2,1-2H3,(H2,14,15). The highest BCUT2D eigenvalue weighted by atomic mass is 127. The summed E-state index contributed by atoms with van der Waals surface area (Å²) in [4.78, 5) is 0. The predicted octanol–water partition coefficient (Wildman–Crippen LogP) is 3.10. The Balaban J connectivity index is 2.62. The van der Waals surface area contributed by atoms with E-state index in [1.165, 1.54) is 0 Å². The van der Waals surface area contributed by atoms with Gasteiger partial charge in [-0.25, -0.2) is 0 Å². The number of hydrogen-bond acceptors (Lipinski definition) is 5. The highest BCUT2D eigenvalue weighted by molar-refractivity contribution is 14.1. The summed E-state index contributed by atoms with van der Waals surface area (Å²) in [6.07, 6.45) is 0. The smallest absolute Gasteiger partial charge is 0.141 e. The number of aryl methyl sites for hydroxylation is 2. The maximum atomic E-state index is 5.95. The minimum atomic E-state index is 0.520. The van der Waals surface area contributed by atoms with Gasteiger partial charge in [-0.3, -0.25) is 0 Å². The number of hydrogen-bond donors (Lipinski definition) is 2. The van der Waals surface area contributed by atoms with Crippen LogP contribution in [0.15, 0.2) is 27.0 Å². The predicted molar refractivity (Wildman–Crippen MR) is 77.2 cm³/mol. The second-order valence-corrected chi connectivity index (χ2v) is 4.97. The molecule has 0 unspecified atom stereocenters. The molecular weight excluding hydrogens is 345 g/mol. The summed E-state index contributed by atoms with van der Waals surface area (Å²) in [5.74, 6) is 5.81. The highest BCUT2D eigenvalue weighted by Gasteiger charge is 2.14. The van der Waals surface area contributed by atoms with Gasteiger partial charge >= 0.3 is 0 Å². The molecule has 2 aromatic rings. The van der Waals surface area contributed by atoms with Crippen LogP contribution in [-0.2, 0) is 0 Å². The molecule has 0 saturated carbocycles. The van der Waals surface area contributed by atoms with Crippen LogP contribution in [0.5, 0.6) is 0 Å². The van der Waals surface area contributed by atoms with Crippen molar-refractivity contribution in [2.24, 2.45) is 16.2 Å². The average Bonchev–Trinajstić information content (AvgIpc) is 2.63. The van der Waals surface area contributed by atoms with Crippen molar-refractivity contribution >= 4 is 34.0 Å². The normalized spacial score (nSPS) is 11.3. The van der Waals surface area contributed by atoms with Crippen LogP contribution in [0.25, 0.3) is 11.1 Å². The fraction of sp³-hybridized carbons (Fsp3) is 0.182. The Bertz CT molecular complexity index is 577. The van der Waals surface area contributed by atoms with Crippen molar-refractivity contribution in [1.29, 1.82) is 0 Å². The topological polar surface area (TPSA) is 103 Å². The van der Waals surface area contributed by atoms with Crippen LogP contribution in [0, 0.1) is 17.4 Å². The van der Waals surface area contributed by atoms with Gasteiger partial charge in [-0.05, 0) is 54.1 Å². The van der Waals surface area contributed by atoms with E-state index >= 15 is 0 Å². The van der Waals surface area contributed by atoms with E-state index in [0.717, 1.165) is 26.2 Å². The van der Waals surface area contributed by atoms with Gasteiger partial charge in [-0.2, -0.15) is 0 Å². The number of anilines is 1. The van der Waals surface area contributed by atoms with Crippen molar-refractivity contribution < 1.29 is 4.52 Å². The molecule has 7 heteroatoms. The zero-order valence-electron chi connectivity index (χ0n) is 9.94. The van der Waals surface area contributed by atoms with Gasteiger partial charge in [0.1, 0.15) is 11.4 Å². The lowest BCUT2D eigenvalue weighted by Crippen LogP contribution is -1.92. The number of nitrogens with zero attached hydrogens (tertiary/aromatic N) is 3. The first-order valence-electron chi connectivity index (χ1n) is 5.17. The maximum absolute atomic E-state index is 5.95. The molecular formula is C11H12IN5O. The molecule has 1 heterocycles. The molecule has 18 heavy (non-hydrogen) atoms. The van der Waals surface area contributed by atoms with Gasteiger partial charge in [-0.1, -0.05) is 10.4 Å². The number of rotatable bonds is 2. The van der Waals surface area contributed by atoms with E-state index in [0.29, 0.717) is 11.4 Å². The number of nitrogen functional groups attached to an aromatic ring is 1. The van der Waals surface area contributed by atoms with E-state index in [2.05, 4.69) is 38.1 Å². The summed E-state index contributed by atoms with van der Waals surface area (Å²) in [6.45, 7) is 3.76. The average molecular weight is 357 g/mol. The first-order valence-corrected chi connectivity index (χ1v) is 6.25. The molecule has 94 valence electrons. The molecule has 0 spiro atoms. The second kappa shape index (κ2) is 4.92. The zero-order chi connectivity index (χ0) is 13.3. The van der Waals surface area contributed by atoms with Gasteiger partial charge in [0.15, 0.2) is 0 Å². The molecule has 4 N–H and O–H groups in total. The van der Waals surface area contributed by atoms with E-state index in [4.69, 9.17) is 16.1 Å². The van der Waals surface area contributed by atoms with Crippen molar-refractivity contribution in [3.05, 3.63) is 27.2 Å². The van der Waals surface area contributed by atoms with Crippen molar-refractivity contribution in [3.63, 3.8) is 0 Å². The van der Waals surface area contributed by atoms with Gasteiger partial charge in [0.25, 0.3) is 0 Å². The SMILES string of the molecule is Cc1noc(C)c1-c1cc(N)c(N=NN)c(I)c1. The maximum Gasteiger partial charge on any atom is 0.141 e. The van der Waals surface area contributed by atoms with Crippen molar-refractivity contribution in [2.75, 3.05) is 5.73 Å². The first-order chi connectivity index (χ1) is 8.54. The monoisotopic (exact) mass is 357 g/mol. The van der Waals surface area contributed by atoms with Crippen molar-refractivity contribution in [1.82, 2.24) is 5.16 Å². The summed E-state index contributed by atoms with van der Waals surface area (Å²) in [7, 11) is 0. The lowest BCUT2D eigenvalue weighted by Gasteiger charge is -2.06.